The third-order valence-electron chi connectivity index (χ3n) is 4.32. The number of amides is 1. The van der Waals surface area contributed by atoms with Gasteiger partial charge in [0.05, 0.1) is 6.04 Å². The Bertz CT molecular complexity index is 909. The van der Waals surface area contributed by atoms with E-state index in [-0.39, 0.29) is 24.2 Å². The molecule has 1 heterocycles. The van der Waals surface area contributed by atoms with Crippen LogP contribution in [0.3, 0.4) is 0 Å². The highest BCUT2D eigenvalue weighted by Gasteiger charge is 2.20. The van der Waals surface area contributed by atoms with Crippen LogP contribution in [0.1, 0.15) is 29.0 Å². The topological polar surface area (TPSA) is 59.5 Å². The lowest BCUT2D eigenvalue weighted by atomic mass is 10.1. The van der Waals surface area contributed by atoms with Gasteiger partial charge in [-0.05, 0) is 12.5 Å². The molecule has 0 aliphatic carbocycles. The Morgan fingerprint density at radius 2 is 1.70 bits per heavy atom. The molecule has 27 heavy (non-hydrogen) atoms. The van der Waals surface area contributed by atoms with E-state index in [2.05, 4.69) is 4.98 Å². The maximum Gasteiger partial charge on any atom is 0.358 e. The van der Waals surface area contributed by atoms with Gasteiger partial charge in [0.1, 0.15) is 5.01 Å². The summed E-state index contributed by atoms with van der Waals surface area (Å²) in [5.41, 5.74) is 2.17. The van der Waals surface area contributed by atoms with E-state index in [1.807, 2.05) is 67.6 Å². The number of nitrogens with zero attached hydrogens (tertiary/aromatic N) is 2. The number of carbonyl (C=O) groups excluding carboxylic acids is 2. The zero-order valence-electron chi connectivity index (χ0n) is 15.2. The first kappa shape index (κ1) is 18.8. The molecule has 1 aromatic heterocycles. The summed E-state index contributed by atoms with van der Waals surface area (Å²) in [6.07, 6.45) is 0. The average molecular weight is 380 g/mol. The second kappa shape index (κ2) is 8.60. The fraction of sp³-hybridized carbons (Fsp3) is 0.190. The number of benzene rings is 2. The molecule has 0 unspecified atom stereocenters. The minimum Gasteiger partial charge on any atom is -0.451 e. The lowest BCUT2D eigenvalue weighted by Gasteiger charge is -2.25. The first-order chi connectivity index (χ1) is 13.1. The molecule has 0 saturated carbocycles. The van der Waals surface area contributed by atoms with Crippen LogP contribution in [0.5, 0.6) is 0 Å². The van der Waals surface area contributed by atoms with Gasteiger partial charge in [0.15, 0.2) is 12.3 Å². The molecule has 0 spiro atoms. The van der Waals surface area contributed by atoms with E-state index in [0.717, 1.165) is 16.1 Å². The zero-order valence-corrected chi connectivity index (χ0v) is 16.0. The van der Waals surface area contributed by atoms with Gasteiger partial charge in [0.25, 0.3) is 5.91 Å². The fourth-order valence-electron chi connectivity index (χ4n) is 2.56. The summed E-state index contributed by atoms with van der Waals surface area (Å²) in [5.74, 6) is -0.860. The molecule has 1 amide bonds. The van der Waals surface area contributed by atoms with Crippen LogP contribution in [0.4, 0.5) is 0 Å². The highest BCUT2D eigenvalue weighted by molar-refractivity contribution is 7.13. The van der Waals surface area contributed by atoms with Gasteiger partial charge in [-0.2, -0.15) is 0 Å². The molecular formula is C21H20N2O3S. The summed E-state index contributed by atoms with van der Waals surface area (Å²) in [6.45, 7) is 1.62. The summed E-state index contributed by atoms with van der Waals surface area (Å²) in [5, 5.41) is 2.38. The molecule has 0 bridgehead atoms. The van der Waals surface area contributed by atoms with Gasteiger partial charge >= 0.3 is 5.97 Å². The maximum atomic E-state index is 12.4. The smallest absolute Gasteiger partial charge is 0.358 e. The number of aromatic nitrogens is 1. The van der Waals surface area contributed by atoms with Crippen molar-refractivity contribution < 1.29 is 14.3 Å². The minimum atomic E-state index is -0.595. The molecule has 0 aliphatic heterocycles. The summed E-state index contributed by atoms with van der Waals surface area (Å²) < 4.78 is 5.16. The first-order valence-corrected chi connectivity index (χ1v) is 9.43. The van der Waals surface area contributed by atoms with Gasteiger partial charge in [-0.3, -0.25) is 4.79 Å². The van der Waals surface area contributed by atoms with Crippen LogP contribution in [0.25, 0.3) is 10.6 Å². The highest BCUT2D eigenvalue weighted by atomic mass is 32.1. The van der Waals surface area contributed by atoms with Crippen molar-refractivity contribution in [2.24, 2.45) is 0 Å². The monoisotopic (exact) mass is 380 g/mol. The normalized spacial score (nSPS) is 11.6. The Morgan fingerprint density at radius 3 is 2.37 bits per heavy atom. The predicted molar refractivity (Wildman–Crippen MR) is 105 cm³/mol. The van der Waals surface area contributed by atoms with Gasteiger partial charge in [0.2, 0.25) is 0 Å². The maximum absolute atomic E-state index is 12.4. The lowest BCUT2D eigenvalue weighted by molar-refractivity contribution is -0.135. The fourth-order valence-corrected chi connectivity index (χ4v) is 3.35. The second-order valence-corrected chi connectivity index (χ2v) is 6.93. The SMILES string of the molecule is C[C@H](c1ccccc1)N(C)C(=O)COC(=O)c1csc(-c2ccccc2)n1. The number of esters is 1. The van der Waals surface area contributed by atoms with Gasteiger partial charge < -0.3 is 9.64 Å². The Morgan fingerprint density at radius 1 is 1.07 bits per heavy atom. The quantitative estimate of drug-likeness (QED) is 0.602. The molecule has 0 saturated heterocycles. The Hall–Kier alpha value is -2.99. The molecule has 0 N–H and O–H groups in total. The summed E-state index contributed by atoms with van der Waals surface area (Å²) in [7, 11) is 1.70. The zero-order chi connectivity index (χ0) is 19.2. The molecule has 3 aromatic rings. The number of ether oxygens (including phenoxy) is 1. The van der Waals surface area contributed by atoms with Crippen molar-refractivity contribution in [3.8, 4) is 10.6 Å². The largest absolute Gasteiger partial charge is 0.451 e. The van der Waals surface area contributed by atoms with E-state index < -0.39 is 5.97 Å². The van der Waals surface area contributed by atoms with Crippen LogP contribution < -0.4 is 0 Å². The van der Waals surface area contributed by atoms with Gasteiger partial charge in [-0.25, -0.2) is 9.78 Å². The van der Waals surface area contributed by atoms with Crippen molar-refractivity contribution in [3.63, 3.8) is 0 Å². The highest BCUT2D eigenvalue weighted by Crippen LogP contribution is 2.23. The molecule has 2 aromatic carbocycles. The number of thiazole rings is 1. The van der Waals surface area contributed by atoms with Crippen molar-refractivity contribution >= 4 is 23.2 Å². The van der Waals surface area contributed by atoms with Gasteiger partial charge in [-0.15, -0.1) is 11.3 Å². The van der Waals surface area contributed by atoms with Crippen molar-refractivity contribution in [2.45, 2.75) is 13.0 Å². The Labute approximate surface area is 162 Å². The van der Waals surface area contributed by atoms with E-state index in [1.165, 1.54) is 11.3 Å². The van der Waals surface area contributed by atoms with Crippen molar-refractivity contribution in [2.75, 3.05) is 13.7 Å². The van der Waals surface area contributed by atoms with E-state index in [9.17, 15) is 9.59 Å². The van der Waals surface area contributed by atoms with E-state index in [0.29, 0.717) is 0 Å². The average Bonchev–Trinajstić information content (AvgIpc) is 3.22. The van der Waals surface area contributed by atoms with Crippen LogP contribution >= 0.6 is 11.3 Å². The lowest BCUT2D eigenvalue weighted by Crippen LogP contribution is -2.33. The summed E-state index contributed by atoms with van der Waals surface area (Å²) in [4.78, 5) is 30.4. The van der Waals surface area contributed by atoms with Crippen LogP contribution in [0, 0.1) is 0 Å². The first-order valence-electron chi connectivity index (χ1n) is 8.55. The molecule has 3 rings (SSSR count). The number of hydrogen-bond donors (Lipinski definition) is 0. The van der Waals surface area contributed by atoms with E-state index >= 15 is 0 Å². The molecule has 138 valence electrons. The molecular weight excluding hydrogens is 360 g/mol. The number of likely N-dealkylation sites (N-methyl/N-ethyl adjacent to an activating group) is 1. The Balaban J connectivity index is 1.57. The number of hydrogen-bond acceptors (Lipinski definition) is 5. The molecule has 0 radical (unpaired) electrons. The number of rotatable bonds is 6. The molecule has 0 aliphatic rings. The van der Waals surface area contributed by atoms with E-state index in [4.69, 9.17) is 4.74 Å². The standard InChI is InChI=1S/C21H20N2O3S/c1-15(16-9-5-3-6-10-16)23(2)19(24)13-26-21(25)18-14-27-20(22-18)17-11-7-4-8-12-17/h3-12,14-15H,13H2,1-2H3/t15-/m1/s1. The van der Waals surface area contributed by atoms with Crippen LogP contribution in [0.15, 0.2) is 66.0 Å². The van der Waals surface area contributed by atoms with Gasteiger partial charge in [0, 0.05) is 18.0 Å². The molecule has 5 nitrogen and oxygen atoms in total. The third kappa shape index (κ3) is 4.60. The van der Waals surface area contributed by atoms with Crippen LogP contribution in [-0.2, 0) is 9.53 Å². The van der Waals surface area contributed by atoms with Gasteiger partial charge in [-0.1, -0.05) is 60.7 Å². The second-order valence-electron chi connectivity index (χ2n) is 6.07. The Kier molecular flexibility index (Phi) is 5.98. The van der Waals surface area contributed by atoms with Crippen molar-refractivity contribution in [3.05, 3.63) is 77.3 Å². The third-order valence-corrected chi connectivity index (χ3v) is 5.21. The van der Waals surface area contributed by atoms with Crippen LogP contribution in [0.2, 0.25) is 0 Å². The summed E-state index contributed by atoms with van der Waals surface area (Å²) >= 11 is 1.37. The van der Waals surface area contributed by atoms with Crippen LogP contribution in [-0.4, -0.2) is 35.4 Å². The molecule has 6 heteroatoms. The van der Waals surface area contributed by atoms with E-state index in [1.54, 1.807) is 17.3 Å². The van der Waals surface area contributed by atoms with Crippen molar-refractivity contribution in [1.29, 1.82) is 0 Å². The number of carbonyl (C=O) groups is 2. The molecule has 0 fully saturated rings. The minimum absolute atomic E-state index is 0.110. The summed E-state index contributed by atoms with van der Waals surface area (Å²) in [6, 6.07) is 19.2. The predicted octanol–water partition coefficient (Wildman–Crippen LogP) is 4.19. The molecule has 1 atom stereocenters. The van der Waals surface area contributed by atoms with Crippen molar-refractivity contribution in [1.82, 2.24) is 9.88 Å².